The first kappa shape index (κ1) is 20.3. The van der Waals surface area contributed by atoms with Gasteiger partial charge in [0.2, 0.25) is 0 Å². The lowest BCUT2D eigenvalue weighted by Crippen LogP contribution is -2.15. The molecule has 0 aliphatic rings. The lowest BCUT2D eigenvalue weighted by Gasteiger charge is -2.21. The summed E-state index contributed by atoms with van der Waals surface area (Å²) in [5.41, 5.74) is 0.176. The molecule has 26 heavy (non-hydrogen) atoms. The van der Waals surface area contributed by atoms with Crippen LogP contribution < -0.4 is 5.32 Å². The van der Waals surface area contributed by atoms with Gasteiger partial charge in [-0.05, 0) is 42.8 Å². The molecule has 1 unspecified atom stereocenters. The van der Waals surface area contributed by atoms with Crippen LogP contribution in [0, 0.1) is 11.6 Å². The van der Waals surface area contributed by atoms with E-state index in [1.807, 2.05) is 0 Å². The fraction of sp³-hybridized carbons (Fsp3) is 0.294. The Morgan fingerprint density at radius 2 is 1.62 bits per heavy atom. The van der Waals surface area contributed by atoms with Crippen LogP contribution in [0.15, 0.2) is 46.2 Å². The average Bonchev–Trinajstić information content (AvgIpc) is 2.53. The first-order valence-corrected chi connectivity index (χ1v) is 11.5. The lowest BCUT2D eigenvalue weighted by atomic mass is 10.0. The van der Waals surface area contributed by atoms with Gasteiger partial charge in [-0.15, -0.1) is 0 Å². The Hall–Kier alpha value is -2.00. The van der Waals surface area contributed by atoms with Crippen molar-refractivity contribution in [3.63, 3.8) is 0 Å². The summed E-state index contributed by atoms with van der Waals surface area (Å²) in [5.74, 6) is -1.24. The van der Waals surface area contributed by atoms with E-state index < -0.39 is 37.4 Å². The molecule has 0 saturated heterocycles. The molecule has 0 amide bonds. The van der Waals surface area contributed by atoms with Crippen LogP contribution in [0.2, 0.25) is 0 Å². The molecule has 0 bridgehead atoms. The summed E-state index contributed by atoms with van der Waals surface area (Å²) in [5, 5.41) is 2.89. The minimum atomic E-state index is -3.77. The number of anilines is 1. The fourth-order valence-corrected chi connectivity index (χ4v) is 4.12. The molecule has 0 aliphatic heterocycles. The molecule has 0 fully saturated rings. The largest absolute Gasteiger partial charge is 0.377 e. The molecular formula is C17H19F2NO4S2. The molecule has 2 aromatic carbocycles. The predicted molar refractivity (Wildman–Crippen MR) is 95.7 cm³/mol. The molecule has 0 spiro atoms. The summed E-state index contributed by atoms with van der Waals surface area (Å²) in [4.78, 5) is -0.371. The normalized spacial score (nSPS) is 13.4. The molecule has 1 N–H and O–H groups in total. The van der Waals surface area contributed by atoms with Gasteiger partial charge in [-0.25, -0.2) is 25.6 Å². The van der Waals surface area contributed by atoms with Gasteiger partial charge >= 0.3 is 0 Å². The quantitative estimate of drug-likeness (QED) is 0.800. The molecular weight excluding hydrogens is 384 g/mol. The van der Waals surface area contributed by atoms with Gasteiger partial charge in [-0.2, -0.15) is 0 Å². The van der Waals surface area contributed by atoms with Gasteiger partial charge in [0.15, 0.2) is 19.7 Å². The van der Waals surface area contributed by atoms with E-state index in [2.05, 4.69) is 5.32 Å². The summed E-state index contributed by atoms with van der Waals surface area (Å²) in [6.45, 7) is 1.73. The number of halogens is 2. The zero-order valence-electron chi connectivity index (χ0n) is 14.5. The molecule has 0 aromatic heterocycles. The molecule has 0 saturated carbocycles. The van der Waals surface area contributed by atoms with Crippen LogP contribution in [-0.2, 0) is 19.7 Å². The fourth-order valence-electron chi connectivity index (χ4n) is 2.53. The first-order valence-electron chi connectivity index (χ1n) is 7.69. The van der Waals surface area contributed by atoms with E-state index in [1.54, 1.807) is 6.92 Å². The van der Waals surface area contributed by atoms with Crippen molar-refractivity contribution in [2.75, 3.05) is 17.8 Å². The number of sulfone groups is 2. The van der Waals surface area contributed by atoms with Crippen molar-refractivity contribution in [3.8, 4) is 0 Å². The molecule has 0 aliphatic carbocycles. The maximum atomic E-state index is 14.1. The minimum absolute atomic E-state index is 0.0548. The van der Waals surface area contributed by atoms with Gasteiger partial charge in [0.05, 0.1) is 21.5 Å². The second kappa shape index (κ2) is 7.32. The molecule has 2 rings (SSSR count). The lowest BCUT2D eigenvalue weighted by molar-refractivity contribution is 0.566. The van der Waals surface area contributed by atoms with E-state index in [-0.39, 0.29) is 21.0 Å². The maximum Gasteiger partial charge on any atom is 0.177 e. The number of nitrogens with one attached hydrogen (secondary N) is 1. The van der Waals surface area contributed by atoms with Crippen LogP contribution in [-0.4, -0.2) is 29.3 Å². The molecule has 1 atom stereocenters. The van der Waals surface area contributed by atoms with Crippen LogP contribution in [0.3, 0.4) is 0 Å². The third-order valence-electron chi connectivity index (χ3n) is 3.85. The van der Waals surface area contributed by atoms with Crippen LogP contribution in [0.25, 0.3) is 0 Å². The zero-order valence-corrected chi connectivity index (χ0v) is 16.1. The zero-order chi connectivity index (χ0) is 19.7. The molecule has 2 aromatic rings. The van der Waals surface area contributed by atoms with Crippen molar-refractivity contribution in [1.29, 1.82) is 0 Å². The van der Waals surface area contributed by atoms with Gasteiger partial charge in [0.1, 0.15) is 11.6 Å². The molecule has 142 valence electrons. The van der Waals surface area contributed by atoms with Gasteiger partial charge < -0.3 is 5.32 Å². The highest BCUT2D eigenvalue weighted by molar-refractivity contribution is 7.91. The smallest absolute Gasteiger partial charge is 0.177 e. The number of hydrogen-bond donors (Lipinski definition) is 1. The Bertz CT molecular complexity index is 1030. The standard InChI is InChI=1S/C17H19F2NO4S2/c1-4-15(13-9-11(18)5-7-14(13)19)20-16-8-6-12(25(2,21)22)10-17(16)26(3,23)24/h5-10,15,20H,4H2,1-3H3. The number of rotatable bonds is 6. The van der Waals surface area contributed by atoms with E-state index in [0.717, 1.165) is 36.8 Å². The first-order chi connectivity index (χ1) is 11.9. The van der Waals surface area contributed by atoms with E-state index >= 15 is 0 Å². The van der Waals surface area contributed by atoms with Gasteiger partial charge in [0, 0.05) is 18.1 Å². The van der Waals surface area contributed by atoms with Gasteiger partial charge in [0.25, 0.3) is 0 Å². The summed E-state index contributed by atoms with van der Waals surface area (Å²) >= 11 is 0. The summed E-state index contributed by atoms with van der Waals surface area (Å²) in [6, 6.07) is 5.97. The third-order valence-corrected chi connectivity index (χ3v) is 6.10. The summed E-state index contributed by atoms with van der Waals surface area (Å²) < 4.78 is 75.1. The Balaban J connectivity index is 2.55. The summed E-state index contributed by atoms with van der Waals surface area (Å²) in [6.07, 6.45) is 2.26. The van der Waals surface area contributed by atoms with E-state index in [4.69, 9.17) is 0 Å². The van der Waals surface area contributed by atoms with E-state index in [9.17, 15) is 25.6 Å². The summed E-state index contributed by atoms with van der Waals surface area (Å²) in [7, 11) is -7.37. The third kappa shape index (κ3) is 4.59. The Morgan fingerprint density at radius 3 is 2.15 bits per heavy atom. The second-order valence-corrected chi connectivity index (χ2v) is 9.97. The van der Waals surface area contributed by atoms with Crippen molar-refractivity contribution in [2.45, 2.75) is 29.2 Å². The van der Waals surface area contributed by atoms with Crippen molar-refractivity contribution in [2.24, 2.45) is 0 Å². The molecule has 0 heterocycles. The number of hydrogen-bond acceptors (Lipinski definition) is 5. The molecule has 0 radical (unpaired) electrons. The average molecular weight is 403 g/mol. The van der Waals surface area contributed by atoms with Crippen LogP contribution >= 0.6 is 0 Å². The Labute approximate surface area is 151 Å². The van der Waals surface area contributed by atoms with Crippen molar-refractivity contribution < 1.29 is 25.6 Å². The molecule has 9 heteroatoms. The Kier molecular flexibility index (Phi) is 5.72. The van der Waals surface area contributed by atoms with E-state index in [1.165, 1.54) is 12.1 Å². The minimum Gasteiger partial charge on any atom is -0.377 e. The second-order valence-electron chi connectivity index (χ2n) is 5.97. The van der Waals surface area contributed by atoms with Crippen LogP contribution in [0.4, 0.5) is 14.5 Å². The van der Waals surface area contributed by atoms with Crippen LogP contribution in [0.5, 0.6) is 0 Å². The van der Waals surface area contributed by atoms with Crippen LogP contribution in [0.1, 0.15) is 24.9 Å². The predicted octanol–water partition coefficient (Wildman–Crippen LogP) is 3.34. The van der Waals surface area contributed by atoms with Gasteiger partial charge in [-0.3, -0.25) is 0 Å². The molecule has 5 nitrogen and oxygen atoms in total. The monoisotopic (exact) mass is 403 g/mol. The van der Waals surface area contributed by atoms with Crippen molar-refractivity contribution >= 4 is 25.4 Å². The van der Waals surface area contributed by atoms with Crippen molar-refractivity contribution in [1.82, 2.24) is 0 Å². The van der Waals surface area contributed by atoms with Crippen molar-refractivity contribution in [3.05, 3.63) is 53.6 Å². The SMILES string of the molecule is CCC(Nc1ccc(S(C)(=O)=O)cc1S(C)(=O)=O)c1cc(F)ccc1F. The Morgan fingerprint density at radius 1 is 0.962 bits per heavy atom. The highest BCUT2D eigenvalue weighted by Gasteiger charge is 2.21. The number of benzene rings is 2. The maximum absolute atomic E-state index is 14.1. The van der Waals surface area contributed by atoms with Gasteiger partial charge in [-0.1, -0.05) is 6.92 Å². The highest BCUT2D eigenvalue weighted by atomic mass is 32.2. The topological polar surface area (TPSA) is 80.3 Å². The highest BCUT2D eigenvalue weighted by Crippen LogP contribution is 2.31. The van der Waals surface area contributed by atoms with E-state index in [0.29, 0.717) is 6.42 Å².